The summed E-state index contributed by atoms with van der Waals surface area (Å²) in [5.74, 6) is -4.49. The Hall–Kier alpha value is -9.99. The van der Waals surface area contributed by atoms with Crippen LogP contribution in [0.15, 0.2) is 123 Å². The van der Waals surface area contributed by atoms with Crippen LogP contribution in [0, 0.1) is 10.8 Å². The molecule has 28 nitrogen and oxygen atoms in total. The lowest BCUT2D eigenvalue weighted by molar-refractivity contribution is -0.138. The van der Waals surface area contributed by atoms with Gasteiger partial charge in [0.05, 0.1) is 86.3 Å². The largest absolute Gasteiger partial charge is 0.496 e. The normalized spacial score (nSPS) is 15.3. The number of rotatable bonds is 46. The zero-order valence-corrected chi connectivity index (χ0v) is 70.1. The number of amides is 8. The first-order valence-electron chi connectivity index (χ1n) is 38.5. The van der Waals surface area contributed by atoms with Gasteiger partial charge in [0.25, 0.3) is 23.6 Å². The van der Waals surface area contributed by atoms with Gasteiger partial charge in [0, 0.05) is 75.6 Å². The van der Waals surface area contributed by atoms with Crippen molar-refractivity contribution in [3.8, 4) is 23.0 Å². The highest BCUT2D eigenvalue weighted by molar-refractivity contribution is 6.48. The molecule has 0 aliphatic carbocycles. The number of nitrogens with zero attached hydrogens (tertiary/aromatic N) is 4. The second kappa shape index (κ2) is 44.5. The molecule has 2 fully saturated rings. The highest BCUT2D eigenvalue weighted by Crippen LogP contribution is 2.41. The Bertz CT molecular complexity index is 3700. The summed E-state index contributed by atoms with van der Waals surface area (Å²) >= 11 is 0. The summed E-state index contributed by atoms with van der Waals surface area (Å²) in [6.07, 6.45) is 8.25. The number of carbonyl (C=O) groups excluding carboxylic acids is 10. The van der Waals surface area contributed by atoms with Gasteiger partial charge in [-0.2, -0.15) is 0 Å². The number of hydrogen-bond acceptors (Lipinski definition) is 20. The van der Waals surface area contributed by atoms with E-state index in [1.54, 1.807) is 94.8 Å². The molecular weight excluding hydrogens is 1480 g/mol. The predicted molar refractivity (Wildman–Crippen MR) is 441 cm³/mol. The lowest BCUT2D eigenvalue weighted by atomic mass is 9.83. The molecule has 2 heterocycles. The first-order valence-corrected chi connectivity index (χ1v) is 44.1. The van der Waals surface area contributed by atoms with E-state index in [1.807, 2.05) is 9.80 Å². The molecule has 4 aromatic rings. The van der Waals surface area contributed by atoms with Gasteiger partial charge in [-0.1, -0.05) is 90.1 Å². The van der Waals surface area contributed by atoms with E-state index in [4.69, 9.17) is 48.7 Å². The molecule has 0 saturated carbocycles. The summed E-state index contributed by atoms with van der Waals surface area (Å²) < 4.78 is 49.4. The fourth-order valence-electron chi connectivity index (χ4n) is 13.8. The van der Waals surface area contributed by atoms with Gasteiger partial charge in [-0.25, -0.2) is 9.59 Å². The Morgan fingerprint density at radius 1 is 0.513 bits per heavy atom. The molecule has 3 unspecified atom stereocenters. The van der Waals surface area contributed by atoms with Crippen LogP contribution >= 0.6 is 0 Å². The van der Waals surface area contributed by atoms with E-state index in [1.165, 1.54) is 26.4 Å². The van der Waals surface area contributed by atoms with Crippen LogP contribution in [-0.2, 0) is 60.3 Å². The van der Waals surface area contributed by atoms with Gasteiger partial charge in [0.15, 0.2) is 18.1 Å². The molecule has 6 rings (SSSR count). The molecule has 2 aliphatic heterocycles. The predicted octanol–water partition coefficient (Wildman–Crippen LogP) is 11.5. The van der Waals surface area contributed by atoms with Crippen LogP contribution in [-0.4, -0.2) is 200 Å². The highest BCUT2D eigenvalue weighted by atomic mass is 28.3. The molecule has 8 N–H and O–H groups in total. The fourth-order valence-corrected chi connectivity index (χ4v) is 16.2. The summed E-state index contributed by atoms with van der Waals surface area (Å²) in [7, 11) is -0.237. The minimum Gasteiger partial charge on any atom is -0.496 e. The van der Waals surface area contributed by atoms with Crippen molar-refractivity contribution in [3.63, 3.8) is 0 Å². The standard InChI is InChI=1S/C83H118N10O18Si2/c1-17-40-90(41-18-2)62(36-38-70(84)94)72(96)76(98)86-56-32-28-54(29-33-56)52-108-80(102)88-60-48-58(78(100)92-44-24-26-64(92)74(82(5,6)7)110-112(13)14)66(104-11)50-68(60)106-46-22-21-23-47-107-69-51-67(105-12)59(79(101)93-45-25-27-65(93)75(83(8,9)10)111-113(15)16)49-61(69)89-81(103)109-53-55-30-34-57(35-31-55)87-77(99)73(97)63(37-39-71(85)95)91(42-19-3)43-20-4/h17-20,28-35,48-51,62-65,74-75,112-113H,1-4,21-27,36-47,52-53H2,5-16H3,(H2,84,94)(H2,85,95)(H,86,98)(H,87,99)(H,88,102)(H,89,103)/t62-,63-,64-,65?,74?,75?/m0/s1. The molecule has 0 spiro atoms. The molecule has 0 bridgehead atoms. The van der Waals surface area contributed by atoms with Crippen LogP contribution in [0.3, 0.4) is 0 Å². The molecule has 0 radical (unpaired) electrons. The maximum atomic E-state index is 14.9. The van der Waals surface area contributed by atoms with Gasteiger partial charge in [0.2, 0.25) is 23.4 Å². The Balaban J connectivity index is 1.20. The van der Waals surface area contributed by atoms with Crippen molar-refractivity contribution >= 4 is 100 Å². The number of nitrogens with two attached hydrogens (primary N) is 2. The molecule has 2 aliphatic rings. The van der Waals surface area contributed by atoms with Crippen molar-refractivity contribution in [2.45, 2.75) is 188 Å². The number of primary amides is 2. The van der Waals surface area contributed by atoms with Gasteiger partial charge in [-0.05, 0) is 142 Å². The number of ketones is 2. The SMILES string of the molecule is C=CCN(CC=C)[C@@H](CCC(N)=O)C(=O)C(=O)Nc1ccc(COC(=O)Nc2cc(C(=O)N3CCCC3C(O[SiH](C)C)C(C)(C)C)c(OC)cc2OCCCCCOc2cc(OC)c(C(=O)N3CCC[C@H]3C(O[SiH](C)C)C(C)(C)C)cc2NC(=O)OCc2ccc(NC(=O)C(=O)[C@H](CCC(N)=O)N(CC=C)CC=C)cc2)cc1. The van der Waals surface area contributed by atoms with E-state index < -0.39 is 77.5 Å². The summed E-state index contributed by atoms with van der Waals surface area (Å²) in [6, 6.07) is 16.3. The van der Waals surface area contributed by atoms with E-state index in [-0.39, 0.29) is 182 Å². The summed E-state index contributed by atoms with van der Waals surface area (Å²) in [5, 5.41) is 10.8. The molecule has 2 saturated heterocycles. The van der Waals surface area contributed by atoms with E-state index >= 15 is 0 Å². The Kier molecular flexibility index (Phi) is 36.2. The minimum atomic E-state index is -1.57. The van der Waals surface area contributed by atoms with Crippen molar-refractivity contribution in [1.82, 2.24) is 19.6 Å². The topological polar surface area (TPSA) is 358 Å². The first kappa shape index (κ1) is 91.9. The molecule has 616 valence electrons. The van der Waals surface area contributed by atoms with Gasteiger partial charge in [-0.15, -0.1) is 26.3 Å². The van der Waals surface area contributed by atoms with Crippen LogP contribution in [0.25, 0.3) is 0 Å². The second-order valence-electron chi connectivity index (χ2n) is 30.8. The Labute approximate surface area is 668 Å². The smallest absolute Gasteiger partial charge is 0.412 e. The third-order valence-corrected chi connectivity index (χ3v) is 20.8. The zero-order chi connectivity index (χ0) is 83.3. The quantitative estimate of drug-likeness (QED) is 0.0104. The van der Waals surface area contributed by atoms with E-state index in [0.717, 1.165) is 25.7 Å². The molecule has 6 atom stereocenters. The lowest BCUT2D eigenvalue weighted by Crippen LogP contribution is -2.50. The van der Waals surface area contributed by atoms with Crippen LogP contribution in [0.1, 0.15) is 144 Å². The van der Waals surface area contributed by atoms with Gasteiger partial charge >= 0.3 is 12.2 Å². The lowest BCUT2D eigenvalue weighted by Gasteiger charge is -2.40. The average Bonchev–Trinajstić information content (AvgIpc) is 1.50. The van der Waals surface area contributed by atoms with Crippen LogP contribution in [0.2, 0.25) is 26.2 Å². The molecular formula is C83H118N10O18Si2. The monoisotopic (exact) mass is 1600 g/mol. The third-order valence-electron chi connectivity index (χ3n) is 19.1. The maximum Gasteiger partial charge on any atom is 0.412 e. The maximum absolute atomic E-state index is 14.9. The van der Waals surface area contributed by atoms with Gasteiger partial charge < -0.3 is 69.2 Å². The number of ether oxygens (including phenoxy) is 6. The average molecular weight is 1600 g/mol. The molecule has 0 aromatic heterocycles. The Morgan fingerprint density at radius 2 is 0.858 bits per heavy atom. The fraction of sp³-hybridized carbons (Fsp3) is 0.494. The number of methoxy groups -OCH3 is 2. The van der Waals surface area contributed by atoms with E-state index in [0.29, 0.717) is 43.5 Å². The number of nitrogens with one attached hydrogen (secondary N) is 4. The number of benzene rings is 4. The third kappa shape index (κ3) is 27.7. The Morgan fingerprint density at radius 3 is 1.16 bits per heavy atom. The summed E-state index contributed by atoms with van der Waals surface area (Å²) in [6.45, 7) is 37.7. The summed E-state index contributed by atoms with van der Waals surface area (Å²) in [5.41, 5.74) is 12.4. The molecule has 8 amide bonds. The number of unbranched alkanes of at least 4 members (excludes halogenated alkanes) is 2. The first-order chi connectivity index (χ1) is 53.7. The molecule has 30 heteroatoms. The van der Waals surface area contributed by atoms with Gasteiger partial charge in [0.1, 0.15) is 36.2 Å². The highest BCUT2D eigenvalue weighted by Gasteiger charge is 2.45. The zero-order valence-electron chi connectivity index (χ0n) is 67.8. The molecule has 113 heavy (non-hydrogen) atoms. The number of likely N-dealkylation sites (tertiary alicyclic amines) is 2. The number of hydrogen-bond donors (Lipinski definition) is 6. The number of anilines is 4. The van der Waals surface area contributed by atoms with Gasteiger partial charge in [-0.3, -0.25) is 58.8 Å². The second-order valence-corrected chi connectivity index (χ2v) is 35.5. The van der Waals surface area contributed by atoms with Crippen LogP contribution in [0.5, 0.6) is 23.0 Å². The summed E-state index contributed by atoms with van der Waals surface area (Å²) in [4.78, 5) is 142. The van der Waals surface area contributed by atoms with Crippen molar-refractivity contribution in [3.05, 3.63) is 146 Å². The van der Waals surface area contributed by atoms with Crippen molar-refractivity contribution in [1.29, 1.82) is 0 Å². The van der Waals surface area contributed by atoms with Crippen LogP contribution < -0.4 is 51.7 Å². The van der Waals surface area contributed by atoms with E-state index in [2.05, 4.69) is 115 Å². The van der Waals surface area contributed by atoms with E-state index in [9.17, 15) is 47.9 Å². The van der Waals surface area contributed by atoms with Crippen molar-refractivity contribution in [2.75, 3.05) is 88.0 Å². The molecule has 4 aromatic carbocycles. The minimum absolute atomic E-state index is 0.0106. The number of carbonyl (C=O) groups is 10. The van der Waals surface area contributed by atoms with Crippen LogP contribution in [0.4, 0.5) is 32.3 Å². The van der Waals surface area contributed by atoms with Crippen molar-refractivity contribution in [2.24, 2.45) is 22.3 Å². The number of Topliss-reactive ketones (excluding diaryl/α,β-unsaturated/α-hetero) is 2. The van der Waals surface area contributed by atoms with Crippen molar-refractivity contribution < 1.29 is 85.2 Å².